The molecule has 3 aromatic rings. The van der Waals surface area contributed by atoms with E-state index in [1.165, 1.54) is 33.9 Å². The number of rotatable bonds is 5. The first-order valence-electron chi connectivity index (χ1n) is 9.32. The van der Waals surface area contributed by atoms with Gasteiger partial charge in [0, 0.05) is 11.4 Å². The monoisotopic (exact) mass is 416 g/mol. The fourth-order valence-electron chi connectivity index (χ4n) is 3.41. The fraction of sp³-hybridized carbons (Fsp3) is 0.300. The molecule has 1 saturated heterocycles. The third-order valence-corrected chi connectivity index (χ3v) is 6.13. The first-order valence-corrected chi connectivity index (χ1v) is 10.5. The summed E-state index contributed by atoms with van der Waals surface area (Å²) in [5.74, 6) is -0.194. The Balaban J connectivity index is 1.35. The molecule has 0 amide bonds. The number of aromatic nitrogens is 2. The average molecular weight is 417 g/mol. The van der Waals surface area contributed by atoms with Crippen LogP contribution in [0.5, 0.6) is 0 Å². The largest absolute Gasteiger partial charge is 0.360 e. The molecule has 8 heteroatoms. The lowest BCUT2D eigenvalue weighted by molar-refractivity contribution is -0.924. The van der Waals surface area contributed by atoms with Gasteiger partial charge in [0.1, 0.15) is 5.82 Å². The molecule has 2 aromatic carbocycles. The summed E-state index contributed by atoms with van der Waals surface area (Å²) in [6, 6.07) is 15.0. The van der Waals surface area contributed by atoms with Gasteiger partial charge in [-0.1, -0.05) is 23.5 Å². The van der Waals surface area contributed by atoms with Gasteiger partial charge in [0.15, 0.2) is 10.6 Å². The molecular weight excluding hydrogens is 393 g/mol. The van der Waals surface area contributed by atoms with Gasteiger partial charge < -0.3 is 15.1 Å². The maximum atomic E-state index is 13.1. The molecule has 0 aliphatic carbocycles. The third kappa shape index (κ3) is 4.57. The van der Waals surface area contributed by atoms with Gasteiger partial charge in [-0.3, -0.25) is 0 Å². The van der Waals surface area contributed by atoms with Crippen LogP contribution in [0.4, 0.5) is 20.9 Å². The number of quaternary nitrogens is 1. The molecule has 5 nitrogen and oxygen atoms in total. The summed E-state index contributed by atoms with van der Waals surface area (Å²) < 4.78 is 15.8. The molecule has 2 N–H and O–H groups in total. The van der Waals surface area contributed by atoms with Crippen LogP contribution in [0.25, 0.3) is 0 Å². The summed E-state index contributed by atoms with van der Waals surface area (Å²) in [6.45, 7) is 6.71. The first kappa shape index (κ1) is 19.0. The molecule has 4 rings (SSSR count). The van der Waals surface area contributed by atoms with Crippen molar-refractivity contribution in [2.45, 2.75) is 13.6 Å². The minimum Gasteiger partial charge on any atom is -0.360 e. The molecule has 2 heterocycles. The van der Waals surface area contributed by atoms with Gasteiger partial charge in [-0.25, -0.2) is 4.39 Å². The normalized spacial score (nSPS) is 15.0. The van der Waals surface area contributed by atoms with Crippen LogP contribution in [0.15, 0.2) is 48.5 Å². The number of nitrogens with zero attached hydrogens (tertiary/aromatic N) is 3. The molecule has 0 spiro atoms. The van der Waals surface area contributed by atoms with E-state index in [9.17, 15) is 4.39 Å². The van der Waals surface area contributed by atoms with Crippen LogP contribution in [0.1, 0.15) is 5.56 Å². The van der Waals surface area contributed by atoms with Crippen LogP contribution in [-0.2, 0) is 6.67 Å². The van der Waals surface area contributed by atoms with Crippen molar-refractivity contribution in [2.75, 3.05) is 36.4 Å². The number of halogens is 1. The number of hydrogen-bond acceptors (Lipinski definition) is 5. The fourth-order valence-corrected chi connectivity index (χ4v) is 4.43. The summed E-state index contributed by atoms with van der Waals surface area (Å²) in [4.78, 5) is 3.75. The molecule has 1 aromatic heterocycles. The number of piperazine rings is 1. The van der Waals surface area contributed by atoms with Crippen molar-refractivity contribution in [1.29, 1.82) is 0 Å². The Morgan fingerprint density at radius 2 is 1.93 bits per heavy atom. The zero-order valence-corrected chi connectivity index (χ0v) is 17.3. The van der Waals surface area contributed by atoms with E-state index in [0.29, 0.717) is 0 Å². The van der Waals surface area contributed by atoms with E-state index in [0.717, 1.165) is 53.3 Å². The van der Waals surface area contributed by atoms with E-state index in [1.54, 1.807) is 0 Å². The molecule has 28 heavy (non-hydrogen) atoms. The highest BCUT2D eigenvalue weighted by molar-refractivity contribution is 7.73. The van der Waals surface area contributed by atoms with Crippen molar-refractivity contribution in [3.8, 4) is 0 Å². The summed E-state index contributed by atoms with van der Waals surface area (Å²) in [7, 11) is 0. The van der Waals surface area contributed by atoms with E-state index in [-0.39, 0.29) is 5.82 Å². The van der Waals surface area contributed by atoms with Gasteiger partial charge in [0.05, 0.1) is 26.2 Å². The molecule has 1 fully saturated rings. The van der Waals surface area contributed by atoms with Crippen LogP contribution in [0.2, 0.25) is 0 Å². The Bertz CT molecular complexity index is 990. The van der Waals surface area contributed by atoms with Crippen LogP contribution in [0.3, 0.4) is 0 Å². The highest BCUT2D eigenvalue weighted by Crippen LogP contribution is 2.20. The molecule has 146 valence electrons. The second-order valence-electron chi connectivity index (χ2n) is 7.04. The number of benzene rings is 2. The maximum Gasteiger partial charge on any atom is 0.209 e. The van der Waals surface area contributed by atoms with Gasteiger partial charge in [0.2, 0.25) is 5.13 Å². The van der Waals surface area contributed by atoms with E-state index in [2.05, 4.69) is 34.4 Å². The second kappa shape index (κ2) is 8.38. The van der Waals surface area contributed by atoms with Gasteiger partial charge in [-0.15, -0.1) is 5.10 Å². The van der Waals surface area contributed by atoms with Gasteiger partial charge >= 0.3 is 0 Å². The van der Waals surface area contributed by atoms with Gasteiger partial charge in [-0.2, -0.15) is 4.68 Å². The first-order chi connectivity index (χ1) is 13.6. The van der Waals surface area contributed by atoms with Crippen LogP contribution in [0, 0.1) is 16.7 Å². The van der Waals surface area contributed by atoms with E-state index < -0.39 is 0 Å². The Kier molecular flexibility index (Phi) is 5.70. The average Bonchev–Trinajstić information content (AvgIpc) is 3.02. The summed E-state index contributed by atoms with van der Waals surface area (Å²) in [5.41, 5.74) is 3.31. The van der Waals surface area contributed by atoms with Crippen molar-refractivity contribution in [2.24, 2.45) is 0 Å². The van der Waals surface area contributed by atoms with Crippen molar-refractivity contribution < 1.29 is 9.29 Å². The van der Waals surface area contributed by atoms with Crippen LogP contribution in [-0.4, -0.2) is 36.0 Å². The van der Waals surface area contributed by atoms with Crippen LogP contribution >= 0.6 is 23.6 Å². The molecule has 0 bridgehead atoms. The molecule has 1 aliphatic heterocycles. The minimum atomic E-state index is -0.194. The lowest BCUT2D eigenvalue weighted by Crippen LogP contribution is -3.14. The van der Waals surface area contributed by atoms with Crippen molar-refractivity contribution in [3.63, 3.8) is 0 Å². The number of anilines is 3. The number of aryl methyl sites for hydroxylation is 1. The quantitative estimate of drug-likeness (QED) is 0.627. The molecule has 0 atom stereocenters. The summed E-state index contributed by atoms with van der Waals surface area (Å²) in [5, 5.41) is 8.83. The van der Waals surface area contributed by atoms with Gasteiger partial charge in [0.25, 0.3) is 0 Å². The standard InChI is InChI=1S/C20H22FN5S2/c1-15-3-2-4-17(13-15)22-19-23-26(20(27)28-19)14-24-9-11-25(12-10-24)18-7-5-16(21)6-8-18/h2-8,13H,9-12,14H2,1H3,(H,22,23)/p+1. The van der Waals surface area contributed by atoms with Crippen molar-refractivity contribution in [1.82, 2.24) is 9.78 Å². The smallest absolute Gasteiger partial charge is 0.209 e. The predicted molar refractivity (Wildman–Crippen MR) is 115 cm³/mol. The maximum absolute atomic E-state index is 13.1. The third-order valence-electron chi connectivity index (χ3n) is 4.91. The Labute approximate surface area is 173 Å². The lowest BCUT2D eigenvalue weighted by Gasteiger charge is -2.33. The number of nitrogens with one attached hydrogen (secondary N) is 2. The Morgan fingerprint density at radius 1 is 1.18 bits per heavy atom. The van der Waals surface area contributed by atoms with Crippen molar-refractivity contribution >= 4 is 40.1 Å². The molecule has 0 unspecified atom stereocenters. The summed E-state index contributed by atoms with van der Waals surface area (Å²) in [6.07, 6.45) is 0. The lowest BCUT2D eigenvalue weighted by atomic mass is 10.2. The topological polar surface area (TPSA) is 37.5 Å². The van der Waals surface area contributed by atoms with E-state index >= 15 is 0 Å². The summed E-state index contributed by atoms with van der Waals surface area (Å²) >= 11 is 7.01. The van der Waals surface area contributed by atoms with E-state index in [4.69, 9.17) is 12.2 Å². The van der Waals surface area contributed by atoms with Crippen molar-refractivity contribution in [3.05, 3.63) is 63.9 Å². The molecule has 0 saturated carbocycles. The van der Waals surface area contributed by atoms with Crippen LogP contribution < -0.4 is 15.1 Å². The molecular formula is C20H23FN5S2+. The minimum absolute atomic E-state index is 0.194. The Morgan fingerprint density at radius 3 is 2.64 bits per heavy atom. The molecule has 1 aliphatic rings. The highest BCUT2D eigenvalue weighted by atomic mass is 32.1. The SMILES string of the molecule is Cc1cccc(Nc2nn(C[NH+]3CCN(c4ccc(F)cc4)CC3)c(=S)s2)c1. The second-order valence-corrected chi connectivity index (χ2v) is 8.66. The Hall–Kier alpha value is -2.29. The number of hydrogen-bond donors (Lipinski definition) is 2. The highest BCUT2D eigenvalue weighted by Gasteiger charge is 2.21. The zero-order valence-electron chi connectivity index (χ0n) is 15.7. The van der Waals surface area contributed by atoms with E-state index in [1.807, 2.05) is 28.9 Å². The zero-order chi connectivity index (χ0) is 19.5. The predicted octanol–water partition coefficient (Wildman–Crippen LogP) is 3.23. The van der Waals surface area contributed by atoms with Gasteiger partial charge in [-0.05, 0) is 61.1 Å². The molecule has 0 radical (unpaired) electrons.